The summed E-state index contributed by atoms with van der Waals surface area (Å²) in [6, 6.07) is 9.33. The van der Waals surface area contributed by atoms with Gasteiger partial charge in [-0.1, -0.05) is 11.6 Å². The van der Waals surface area contributed by atoms with Crippen LogP contribution in [0.5, 0.6) is 0 Å². The predicted molar refractivity (Wildman–Crippen MR) is 112 cm³/mol. The molecule has 1 aliphatic rings. The van der Waals surface area contributed by atoms with Gasteiger partial charge in [-0.2, -0.15) is 22.7 Å². The van der Waals surface area contributed by atoms with E-state index in [1.54, 1.807) is 19.2 Å². The van der Waals surface area contributed by atoms with E-state index in [4.69, 9.17) is 11.6 Å². The summed E-state index contributed by atoms with van der Waals surface area (Å²) in [4.78, 5) is 16.3. The van der Waals surface area contributed by atoms with Gasteiger partial charge in [-0.15, -0.1) is 5.10 Å². The number of piperazine rings is 1. The zero-order chi connectivity index (χ0) is 21.8. The van der Waals surface area contributed by atoms with Gasteiger partial charge in [0.25, 0.3) is 11.6 Å². The third kappa shape index (κ3) is 3.60. The second-order valence-electron chi connectivity index (χ2n) is 7.37. The fourth-order valence-electron chi connectivity index (χ4n) is 3.87. The van der Waals surface area contributed by atoms with Gasteiger partial charge in [-0.25, -0.2) is 4.98 Å². The molecule has 0 amide bonds. The van der Waals surface area contributed by atoms with Crippen LogP contribution < -0.4 is 9.80 Å². The second kappa shape index (κ2) is 7.23. The van der Waals surface area contributed by atoms with Gasteiger partial charge < -0.3 is 9.80 Å². The highest BCUT2D eigenvalue weighted by Crippen LogP contribution is 2.30. The fourth-order valence-corrected chi connectivity index (χ4v) is 4.04. The second-order valence-corrected chi connectivity index (χ2v) is 7.80. The summed E-state index contributed by atoms with van der Waals surface area (Å²) in [7, 11) is 0. The molecule has 1 aromatic carbocycles. The van der Waals surface area contributed by atoms with Crippen molar-refractivity contribution in [2.75, 3.05) is 36.0 Å². The average molecular weight is 448 g/mol. The van der Waals surface area contributed by atoms with Crippen molar-refractivity contribution in [3.8, 4) is 0 Å². The standard InChI is InChI=1S/C20H17ClF3N7/c1-12-10-17(31-19(26-12)27-18(28-31)20(22,23)24)30-8-6-29(7-9-30)16-4-5-25-15-11-13(21)2-3-14(15)16/h2-5,10-11H,6-9H2,1H3. The maximum absolute atomic E-state index is 13.1. The number of hydrogen-bond donors (Lipinski definition) is 0. The first-order chi connectivity index (χ1) is 14.8. The number of nitrogens with zero attached hydrogens (tertiary/aromatic N) is 7. The van der Waals surface area contributed by atoms with Crippen LogP contribution in [0.2, 0.25) is 5.02 Å². The van der Waals surface area contributed by atoms with E-state index in [0.717, 1.165) is 16.6 Å². The van der Waals surface area contributed by atoms with Gasteiger partial charge >= 0.3 is 6.18 Å². The van der Waals surface area contributed by atoms with Crippen molar-refractivity contribution in [1.82, 2.24) is 24.6 Å². The normalized spacial score (nSPS) is 15.3. The molecule has 0 aliphatic carbocycles. The zero-order valence-electron chi connectivity index (χ0n) is 16.4. The SMILES string of the molecule is Cc1cc(N2CCN(c3ccnc4cc(Cl)ccc34)CC2)n2nc(C(F)(F)F)nc2n1. The minimum atomic E-state index is -4.62. The molecule has 31 heavy (non-hydrogen) atoms. The molecule has 11 heteroatoms. The summed E-state index contributed by atoms with van der Waals surface area (Å²) >= 11 is 6.08. The van der Waals surface area contributed by atoms with E-state index in [-0.39, 0.29) is 5.78 Å². The number of anilines is 2. The Balaban J connectivity index is 1.44. The molecule has 1 aliphatic heterocycles. The summed E-state index contributed by atoms with van der Waals surface area (Å²) in [5.41, 5.74) is 2.46. The molecule has 1 fully saturated rings. The lowest BCUT2D eigenvalue weighted by molar-refractivity contribution is -0.144. The monoisotopic (exact) mass is 447 g/mol. The molecular weight excluding hydrogens is 431 g/mol. The van der Waals surface area contributed by atoms with Crippen molar-refractivity contribution in [2.24, 2.45) is 0 Å². The molecule has 7 nitrogen and oxygen atoms in total. The number of pyridine rings is 1. The van der Waals surface area contributed by atoms with E-state index in [1.165, 1.54) is 4.52 Å². The van der Waals surface area contributed by atoms with E-state index in [2.05, 4.69) is 25.0 Å². The summed E-state index contributed by atoms with van der Waals surface area (Å²) in [6.45, 7) is 4.32. The molecule has 0 N–H and O–H groups in total. The Morgan fingerprint density at radius 3 is 2.45 bits per heavy atom. The van der Waals surface area contributed by atoms with Crippen LogP contribution in [-0.4, -0.2) is 50.7 Å². The van der Waals surface area contributed by atoms with Crippen LogP contribution in [0.4, 0.5) is 24.7 Å². The number of halogens is 4. The number of aryl methyl sites for hydroxylation is 1. The lowest BCUT2D eigenvalue weighted by Crippen LogP contribution is -2.47. The smallest absolute Gasteiger partial charge is 0.367 e. The van der Waals surface area contributed by atoms with E-state index in [1.807, 2.05) is 29.2 Å². The zero-order valence-corrected chi connectivity index (χ0v) is 17.2. The first-order valence-electron chi connectivity index (χ1n) is 9.65. The van der Waals surface area contributed by atoms with Crippen molar-refractivity contribution < 1.29 is 13.2 Å². The first kappa shape index (κ1) is 19.8. The molecule has 0 radical (unpaired) electrons. The fraction of sp³-hybridized carbons (Fsp3) is 0.300. The third-order valence-corrected chi connectivity index (χ3v) is 5.54. The molecule has 3 aromatic heterocycles. The third-order valence-electron chi connectivity index (χ3n) is 5.30. The summed E-state index contributed by atoms with van der Waals surface area (Å²) in [5.74, 6) is -0.689. The largest absolute Gasteiger partial charge is 0.453 e. The molecule has 0 spiro atoms. The highest BCUT2D eigenvalue weighted by molar-refractivity contribution is 6.31. The van der Waals surface area contributed by atoms with Crippen molar-refractivity contribution >= 4 is 39.8 Å². The number of fused-ring (bicyclic) bond motifs is 2. The molecule has 0 bridgehead atoms. The van der Waals surface area contributed by atoms with E-state index < -0.39 is 12.0 Å². The van der Waals surface area contributed by atoms with Crippen LogP contribution in [0.1, 0.15) is 11.5 Å². The van der Waals surface area contributed by atoms with Crippen molar-refractivity contribution in [3.63, 3.8) is 0 Å². The van der Waals surface area contributed by atoms with Crippen LogP contribution in [-0.2, 0) is 6.18 Å². The molecule has 0 saturated carbocycles. The Labute approximate surface area is 180 Å². The Hall–Kier alpha value is -3.14. The van der Waals surface area contributed by atoms with E-state index in [9.17, 15) is 13.2 Å². The average Bonchev–Trinajstić information content (AvgIpc) is 3.17. The Bertz CT molecular complexity index is 1280. The van der Waals surface area contributed by atoms with Gasteiger partial charge in [0.05, 0.1) is 5.52 Å². The van der Waals surface area contributed by atoms with Gasteiger partial charge in [0.1, 0.15) is 5.82 Å². The number of aromatic nitrogens is 5. The Kier molecular flexibility index (Phi) is 4.62. The lowest BCUT2D eigenvalue weighted by atomic mass is 10.1. The molecule has 0 atom stereocenters. The lowest BCUT2D eigenvalue weighted by Gasteiger charge is -2.37. The van der Waals surface area contributed by atoms with Gasteiger partial charge in [0.2, 0.25) is 0 Å². The van der Waals surface area contributed by atoms with Crippen molar-refractivity contribution in [3.05, 3.63) is 53.1 Å². The van der Waals surface area contributed by atoms with E-state index >= 15 is 0 Å². The minimum absolute atomic E-state index is 0.0539. The number of benzene rings is 1. The molecule has 4 heterocycles. The van der Waals surface area contributed by atoms with Gasteiger partial charge in [0.15, 0.2) is 0 Å². The van der Waals surface area contributed by atoms with Gasteiger partial charge in [-0.3, -0.25) is 4.98 Å². The van der Waals surface area contributed by atoms with Crippen LogP contribution in [0.25, 0.3) is 16.7 Å². The number of hydrogen-bond acceptors (Lipinski definition) is 6. The van der Waals surface area contributed by atoms with Crippen molar-refractivity contribution in [2.45, 2.75) is 13.1 Å². The first-order valence-corrected chi connectivity index (χ1v) is 10.0. The summed E-state index contributed by atoms with van der Waals surface area (Å²) in [5, 5.41) is 5.31. The molecule has 5 rings (SSSR count). The van der Waals surface area contributed by atoms with Crippen LogP contribution in [0.15, 0.2) is 36.5 Å². The summed E-state index contributed by atoms with van der Waals surface area (Å²) < 4.78 is 40.5. The van der Waals surface area contributed by atoms with Gasteiger partial charge in [0, 0.05) is 60.2 Å². The molecule has 0 unspecified atom stereocenters. The molecule has 4 aromatic rings. The predicted octanol–water partition coefficient (Wildman–Crippen LogP) is 3.98. The van der Waals surface area contributed by atoms with Crippen LogP contribution in [0, 0.1) is 6.92 Å². The number of rotatable bonds is 2. The minimum Gasteiger partial charge on any atom is -0.367 e. The topological polar surface area (TPSA) is 62.5 Å². The molecule has 1 saturated heterocycles. The van der Waals surface area contributed by atoms with Gasteiger partial charge in [-0.05, 0) is 31.2 Å². The highest BCUT2D eigenvalue weighted by Gasteiger charge is 2.37. The molecular formula is C20H17ClF3N7. The summed E-state index contributed by atoms with van der Waals surface area (Å²) in [6.07, 6.45) is -2.87. The molecule has 160 valence electrons. The quantitative estimate of drug-likeness (QED) is 0.463. The van der Waals surface area contributed by atoms with Crippen molar-refractivity contribution in [1.29, 1.82) is 0 Å². The highest BCUT2D eigenvalue weighted by atomic mass is 35.5. The maximum Gasteiger partial charge on any atom is 0.453 e. The number of alkyl halides is 3. The Morgan fingerprint density at radius 2 is 1.71 bits per heavy atom. The maximum atomic E-state index is 13.1. The Morgan fingerprint density at radius 1 is 0.968 bits per heavy atom. The van der Waals surface area contributed by atoms with E-state index in [0.29, 0.717) is 42.7 Å². The van der Waals surface area contributed by atoms with Crippen LogP contribution in [0.3, 0.4) is 0 Å². The van der Waals surface area contributed by atoms with Crippen LogP contribution >= 0.6 is 11.6 Å².